The van der Waals surface area contributed by atoms with Crippen LogP contribution in [0.15, 0.2) is 48.8 Å². The molecule has 0 saturated heterocycles. The molecule has 1 aromatic carbocycles. The van der Waals surface area contributed by atoms with Crippen molar-refractivity contribution in [3.05, 3.63) is 48.8 Å². The van der Waals surface area contributed by atoms with Crippen molar-refractivity contribution in [2.24, 2.45) is 0 Å². The highest BCUT2D eigenvalue weighted by atomic mass is 15.2. The zero-order valence-electron chi connectivity index (χ0n) is 15.0. The Morgan fingerprint density at radius 3 is 2.92 bits per heavy atom. The molecule has 0 atom stereocenters. The van der Waals surface area contributed by atoms with Gasteiger partial charge in [0.25, 0.3) is 0 Å². The van der Waals surface area contributed by atoms with Crippen LogP contribution in [0.2, 0.25) is 0 Å². The Hall–Kier alpha value is -3.15. The van der Waals surface area contributed by atoms with Gasteiger partial charge in [0.05, 0.1) is 5.52 Å². The minimum Gasteiger partial charge on any atom is -0.359 e. The fourth-order valence-electron chi connectivity index (χ4n) is 3.12. The highest BCUT2D eigenvalue weighted by molar-refractivity contribution is 5.95. The lowest BCUT2D eigenvalue weighted by Gasteiger charge is -2.19. The molecule has 0 aliphatic rings. The lowest BCUT2D eigenvalue weighted by Crippen LogP contribution is -2.19. The molecule has 4 rings (SSSR count). The van der Waals surface area contributed by atoms with Gasteiger partial charge < -0.3 is 10.2 Å². The van der Waals surface area contributed by atoms with E-state index in [1.165, 1.54) is 6.42 Å². The second-order valence-corrected chi connectivity index (χ2v) is 6.44. The molecule has 0 aliphatic heterocycles. The standard InChI is InChI=1S/C20H22N6/c1-3-4-12-26(2)20-16-8-7-15(13-14(16)9-11-22-20)23-19-18-17(24-25-19)6-5-10-21-18/h5-11,13H,3-4,12H2,1-2H3,(H2,23,24,25). The van der Waals surface area contributed by atoms with Crippen LogP contribution >= 0.6 is 0 Å². The van der Waals surface area contributed by atoms with Crippen molar-refractivity contribution < 1.29 is 0 Å². The summed E-state index contributed by atoms with van der Waals surface area (Å²) in [6.07, 6.45) is 5.98. The van der Waals surface area contributed by atoms with Gasteiger partial charge in [0.2, 0.25) is 0 Å². The third kappa shape index (κ3) is 3.06. The van der Waals surface area contributed by atoms with Crippen LogP contribution in [0.25, 0.3) is 21.8 Å². The highest BCUT2D eigenvalue weighted by Crippen LogP contribution is 2.28. The molecule has 132 valence electrons. The summed E-state index contributed by atoms with van der Waals surface area (Å²) in [6.45, 7) is 3.21. The summed E-state index contributed by atoms with van der Waals surface area (Å²) in [6, 6.07) is 12.2. The third-order valence-corrected chi connectivity index (χ3v) is 4.53. The van der Waals surface area contributed by atoms with E-state index in [2.05, 4.69) is 62.6 Å². The Kier molecular flexibility index (Phi) is 4.39. The van der Waals surface area contributed by atoms with Crippen molar-refractivity contribution in [2.45, 2.75) is 19.8 Å². The zero-order chi connectivity index (χ0) is 17.9. The van der Waals surface area contributed by atoms with Crippen LogP contribution < -0.4 is 10.2 Å². The largest absolute Gasteiger partial charge is 0.359 e. The molecule has 3 aromatic heterocycles. The van der Waals surface area contributed by atoms with E-state index in [0.29, 0.717) is 0 Å². The molecular formula is C20H22N6. The maximum atomic E-state index is 4.58. The number of fused-ring (bicyclic) bond motifs is 2. The molecule has 4 aromatic rings. The first-order chi connectivity index (χ1) is 12.8. The monoisotopic (exact) mass is 346 g/mol. The van der Waals surface area contributed by atoms with E-state index in [1.54, 1.807) is 6.20 Å². The maximum Gasteiger partial charge on any atom is 0.178 e. The van der Waals surface area contributed by atoms with Gasteiger partial charge in [-0.1, -0.05) is 13.3 Å². The van der Waals surface area contributed by atoms with E-state index in [4.69, 9.17) is 0 Å². The van der Waals surface area contributed by atoms with Crippen LogP contribution in [0.4, 0.5) is 17.3 Å². The average molecular weight is 346 g/mol. The Labute approximate surface area is 152 Å². The van der Waals surface area contributed by atoms with Gasteiger partial charge in [-0.25, -0.2) is 4.98 Å². The molecule has 26 heavy (non-hydrogen) atoms. The number of hydrogen-bond donors (Lipinski definition) is 2. The number of H-pyrrole nitrogens is 1. The minimum atomic E-state index is 0.731. The molecule has 0 radical (unpaired) electrons. The van der Waals surface area contributed by atoms with Crippen LogP contribution in [0.1, 0.15) is 19.8 Å². The van der Waals surface area contributed by atoms with Crippen molar-refractivity contribution >= 4 is 39.1 Å². The molecule has 0 unspecified atom stereocenters. The van der Waals surface area contributed by atoms with E-state index >= 15 is 0 Å². The molecule has 0 bridgehead atoms. The van der Waals surface area contributed by atoms with Gasteiger partial charge in [-0.05, 0) is 48.2 Å². The second kappa shape index (κ2) is 7.00. The molecule has 3 heterocycles. The predicted octanol–water partition coefficient (Wildman–Crippen LogP) is 4.49. The molecule has 2 N–H and O–H groups in total. The lowest BCUT2D eigenvalue weighted by atomic mass is 10.1. The van der Waals surface area contributed by atoms with Gasteiger partial charge in [-0.3, -0.25) is 10.1 Å². The van der Waals surface area contributed by atoms with Gasteiger partial charge in [-0.2, -0.15) is 5.10 Å². The molecule has 0 spiro atoms. The summed E-state index contributed by atoms with van der Waals surface area (Å²) in [5, 5.41) is 13.0. The van der Waals surface area contributed by atoms with Crippen LogP contribution in [0.3, 0.4) is 0 Å². The summed E-state index contributed by atoms with van der Waals surface area (Å²) in [5.41, 5.74) is 2.73. The lowest BCUT2D eigenvalue weighted by molar-refractivity contribution is 0.762. The summed E-state index contributed by atoms with van der Waals surface area (Å²) in [7, 11) is 2.10. The van der Waals surface area contributed by atoms with Crippen molar-refractivity contribution in [1.29, 1.82) is 0 Å². The predicted molar refractivity (Wildman–Crippen MR) is 107 cm³/mol. The van der Waals surface area contributed by atoms with E-state index in [0.717, 1.165) is 52.1 Å². The molecular weight excluding hydrogens is 324 g/mol. The van der Waals surface area contributed by atoms with E-state index in [9.17, 15) is 0 Å². The number of nitrogens with one attached hydrogen (secondary N) is 2. The van der Waals surface area contributed by atoms with E-state index in [-0.39, 0.29) is 0 Å². The van der Waals surface area contributed by atoms with E-state index < -0.39 is 0 Å². The van der Waals surface area contributed by atoms with Crippen molar-refractivity contribution in [3.63, 3.8) is 0 Å². The van der Waals surface area contributed by atoms with Gasteiger partial charge in [-0.15, -0.1) is 0 Å². The van der Waals surface area contributed by atoms with Gasteiger partial charge in [0, 0.05) is 37.1 Å². The Balaban J connectivity index is 1.66. The molecule has 0 saturated carbocycles. The number of aromatic amines is 1. The maximum absolute atomic E-state index is 4.58. The number of benzene rings is 1. The van der Waals surface area contributed by atoms with Gasteiger partial charge >= 0.3 is 0 Å². The van der Waals surface area contributed by atoms with Crippen LogP contribution in [0, 0.1) is 0 Å². The molecule has 0 fully saturated rings. The Bertz CT molecular complexity index is 1040. The highest BCUT2D eigenvalue weighted by Gasteiger charge is 2.10. The van der Waals surface area contributed by atoms with Crippen molar-refractivity contribution in [3.8, 4) is 0 Å². The Morgan fingerprint density at radius 1 is 1.12 bits per heavy atom. The summed E-state index contributed by atoms with van der Waals surface area (Å²) < 4.78 is 0. The number of unbranched alkanes of at least 4 members (excludes halogenated alkanes) is 1. The zero-order valence-corrected chi connectivity index (χ0v) is 15.0. The van der Waals surface area contributed by atoms with Crippen LogP contribution in [-0.4, -0.2) is 33.8 Å². The van der Waals surface area contributed by atoms with Crippen molar-refractivity contribution in [2.75, 3.05) is 23.8 Å². The van der Waals surface area contributed by atoms with Crippen LogP contribution in [-0.2, 0) is 0 Å². The van der Waals surface area contributed by atoms with Gasteiger partial charge in [0.15, 0.2) is 5.82 Å². The minimum absolute atomic E-state index is 0.731. The fourth-order valence-corrected chi connectivity index (χ4v) is 3.12. The number of hydrogen-bond acceptors (Lipinski definition) is 5. The first-order valence-electron chi connectivity index (χ1n) is 8.92. The van der Waals surface area contributed by atoms with Crippen molar-refractivity contribution in [1.82, 2.24) is 20.2 Å². The smallest absolute Gasteiger partial charge is 0.178 e. The number of aromatic nitrogens is 4. The summed E-state index contributed by atoms with van der Waals surface area (Å²) >= 11 is 0. The quantitative estimate of drug-likeness (QED) is 0.538. The van der Waals surface area contributed by atoms with E-state index in [1.807, 2.05) is 24.4 Å². The molecule has 0 aliphatic carbocycles. The number of rotatable bonds is 6. The molecule has 6 nitrogen and oxygen atoms in total. The SMILES string of the molecule is CCCCN(C)c1nccc2cc(Nc3n[nH]c4cccnc34)ccc12. The topological polar surface area (TPSA) is 69.7 Å². The second-order valence-electron chi connectivity index (χ2n) is 6.44. The normalized spacial score (nSPS) is 11.2. The Morgan fingerprint density at radius 2 is 2.04 bits per heavy atom. The van der Waals surface area contributed by atoms with Gasteiger partial charge in [0.1, 0.15) is 11.3 Å². The third-order valence-electron chi connectivity index (χ3n) is 4.53. The number of anilines is 3. The number of nitrogens with zero attached hydrogens (tertiary/aromatic N) is 4. The molecule has 0 amide bonds. The first kappa shape index (κ1) is 16.3. The average Bonchev–Trinajstić information content (AvgIpc) is 3.08. The summed E-state index contributed by atoms with van der Waals surface area (Å²) in [5.74, 6) is 1.75. The number of pyridine rings is 2. The molecule has 6 heteroatoms. The van der Waals surface area contributed by atoms with Crippen LogP contribution in [0.5, 0.6) is 0 Å². The summed E-state index contributed by atoms with van der Waals surface area (Å²) in [4.78, 5) is 11.2. The fraction of sp³-hybridized carbons (Fsp3) is 0.250. The first-order valence-corrected chi connectivity index (χ1v) is 8.92.